The molecule has 184 valence electrons. The molecule has 6 aromatic rings. The summed E-state index contributed by atoms with van der Waals surface area (Å²) in [6.07, 6.45) is 5.39. The summed E-state index contributed by atoms with van der Waals surface area (Å²) in [7, 11) is 0. The van der Waals surface area contributed by atoms with Gasteiger partial charge in [0.05, 0.1) is 23.7 Å². The van der Waals surface area contributed by atoms with Crippen molar-refractivity contribution in [2.45, 2.75) is 26.4 Å². The Hall–Kier alpha value is -4.85. The zero-order valence-corrected chi connectivity index (χ0v) is 20.6. The van der Waals surface area contributed by atoms with Gasteiger partial charge in [0.25, 0.3) is 0 Å². The van der Waals surface area contributed by atoms with Crippen LogP contribution in [0.1, 0.15) is 29.9 Å². The van der Waals surface area contributed by atoms with Crippen molar-refractivity contribution in [3.63, 3.8) is 0 Å². The summed E-state index contributed by atoms with van der Waals surface area (Å²) in [5.41, 5.74) is 7.79. The molecule has 0 saturated carbocycles. The quantitative estimate of drug-likeness (QED) is 0.218. The number of fused-ring (bicyclic) bond motifs is 1. The van der Waals surface area contributed by atoms with Crippen molar-refractivity contribution in [2.75, 3.05) is 5.32 Å². The van der Waals surface area contributed by atoms with Crippen molar-refractivity contribution in [3.8, 4) is 28.1 Å². The van der Waals surface area contributed by atoms with Crippen molar-refractivity contribution in [2.24, 2.45) is 0 Å². The first-order chi connectivity index (χ1) is 18.1. The minimum atomic E-state index is -0.0385. The molecular weight excluding hydrogens is 462 g/mol. The molecule has 0 aliphatic rings. The van der Waals surface area contributed by atoms with Crippen LogP contribution in [0.3, 0.4) is 0 Å². The first-order valence-corrected chi connectivity index (χ1v) is 12.2. The highest BCUT2D eigenvalue weighted by Crippen LogP contribution is 2.35. The van der Waals surface area contributed by atoms with Gasteiger partial charge in [-0.1, -0.05) is 48.5 Å². The van der Waals surface area contributed by atoms with Crippen molar-refractivity contribution >= 4 is 16.9 Å². The van der Waals surface area contributed by atoms with E-state index >= 15 is 0 Å². The van der Waals surface area contributed by atoms with Gasteiger partial charge in [0.2, 0.25) is 0 Å². The van der Waals surface area contributed by atoms with Crippen LogP contribution in [-0.4, -0.2) is 34.8 Å². The van der Waals surface area contributed by atoms with Gasteiger partial charge in [-0.05, 0) is 37.6 Å². The number of nitrogens with zero attached hydrogens (tertiary/aromatic N) is 4. The number of H-pyrrole nitrogens is 2. The number of hydrogen-bond donors (Lipinski definition) is 4. The molecule has 4 aromatic heterocycles. The number of phenolic OH excluding ortho intramolecular Hbond substituents is 1. The highest BCUT2D eigenvalue weighted by atomic mass is 16.3. The van der Waals surface area contributed by atoms with Crippen LogP contribution in [0.2, 0.25) is 0 Å². The van der Waals surface area contributed by atoms with Gasteiger partial charge in [0.15, 0.2) is 0 Å². The number of aromatic nitrogens is 6. The van der Waals surface area contributed by atoms with E-state index in [0.29, 0.717) is 6.54 Å². The Bertz CT molecular complexity index is 1680. The number of benzene rings is 2. The zero-order chi connectivity index (χ0) is 25.4. The Labute approximate surface area is 214 Å². The fourth-order valence-electron chi connectivity index (χ4n) is 4.77. The second kappa shape index (κ2) is 9.31. The van der Waals surface area contributed by atoms with E-state index in [9.17, 15) is 5.11 Å². The van der Waals surface area contributed by atoms with Crippen LogP contribution in [0.15, 0.2) is 85.5 Å². The highest BCUT2D eigenvalue weighted by Gasteiger charge is 2.20. The smallest absolute Gasteiger partial charge is 0.143 e. The van der Waals surface area contributed by atoms with Gasteiger partial charge in [-0.2, -0.15) is 5.10 Å². The second-order valence-corrected chi connectivity index (χ2v) is 9.19. The number of hydrogen-bond acceptors (Lipinski definition) is 5. The molecule has 8 heteroatoms. The Morgan fingerprint density at radius 3 is 2.65 bits per heavy atom. The molecule has 0 unspecified atom stereocenters. The molecule has 2 aromatic carbocycles. The number of anilines is 1. The fraction of sp³-hybridized carbons (Fsp3) is 0.138. The maximum atomic E-state index is 10.1. The number of aromatic hydroxyl groups is 1. The SMILES string of the molecule is Cc1cc(-c2ccccc2)c([C@H](C)Nc2ncnc3[nH]cc(-c4ccn(Cc5ccccc5O)n4)c23)[nH]1. The summed E-state index contributed by atoms with van der Waals surface area (Å²) in [5.74, 6) is 0.991. The number of aryl methyl sites for hydroxylation is 1. The lowest BCUT2D eigenvalue weighted by molar-refractivity contribution is 0.464. The lowest BCUT2D eigenvalue weighted by Gasteiger charge is -2.17. The Kier molecular flexibility index (Phi) is 5.69. The minimum absolute atomic E-state index is 0.0385. The Morgan fingerprint density at radius 1 is 1.00 bits per heavy atom. The van der Waals surface area contributed by atoms with E-state index in [4.69, 9.17) is 5.10 Å². The monoisotopic (exact) mass is 489 g/mol. The largest absolute Gasteiger partial charge is 0.508 e. The van der Waals surface area contributed by atoms with Gasteiger partial charge >= 0.3 is 0 Å². The van der Waals surface area contributed by atoms with Crippen LogP contribution in [0.4, 0.5) is 5.82 Å². The third-order valence-electron chi connectivity index (χ3n) is 6.56. The molecule has 1 atom stereocenters. The Balaban J connectivity index is 1.33. The molecule has 0 amide bonds. The molecule has 4 heterocycles. The molecule has 4 N–H and O–H groups in total. The first kappa shape index (κ1) is 22.6. The fourth-order valence-corrected chi connectivity index (χ4v) is 4.77. The number of phenols is 1. The third kappa shape index (κ3) is 4.33. The molecule has 37 heavy (non-hydrogen) atoms. The number of rotatable bonds is 7. The average Bonchev–Trinajstić information content (AvgIpc) is 3.64. The van der Waals surface area contributed by atoms with Crippen molar-refractivity contribution in [1.82, 2.24) is 29.7 Å². The molecule has 0 aliphatic heterocycles. The van der Waals surface area contributed by atoms with Gasteiger partial charge in [0.1, 0.15) is 23.5 Å². The molecule has 0 bridgehead atoms. The van der Waals surface area contributed by atoms with E-state index in [-0.39, 0.29) is 11.8 Å². The van der Waals surface area contributed by atoms with E-state index in [0.717, 1.165) is 45.1 Å². The van der Waals surface area contributed by atoms with Gasteiger partial charge in [-0.15, -0.1) is 0 Å². The zero-order valence-electron chi connectivity index (χ0n) is 20.6. The van der Waals surface area contributed by atoms with Crippen molar-refractivity contribution in [3.05, 3.63) is 102 Å². The van der Waals surface area contributed by atoms with Crippen LogP contribution in [0.25, 0.3) is 33.4 Å². The lowest BCUT2D eigenvalue weighted by atomic mass is 10.0. The number of aromatic amines is 2. The summed E-state index contributed by atoms with van der Waals surface area (Å²) in [4.78, 5) is 15.8. The van der Waals surface area contributed by atoms with E-state index in [1.54, 1.807) is 12.4 Å². The van der Waals surface area contributed by atoms with Crippen LogP contribution in [0.5, 0.6) is 5.75 Å². The first-order valence-electron chi connectivity index (χ1n) is 12.2. The summed E-state index contributed by atoms with van der Waals surface area (Å²) in [6.45, 7) is 4.67. The number of para-hydroxylation sites is 1. The topological polar surface area (TPSA) is 107 Å². The summed E-state index contributed by atoms with van der Waals surface area (Å²) in [5, 5.41) is 19.4. The molecule has 6 rings (SSSR count). The summed E-state index contributed by atoms with van der Waals surface area (Å²) >= 11 is 0. The van der Waals surface area contributed by atoms with Gasteiger partial charge in [-0.3, -0.25) is 4.68 Å². The highest BCUT2D eigenvalue weighted by molar-refractivity contribution is 6.00. The van der Waals surface area contributed by atoms with E-state index in [1.165, 1.54) is 11.1 Å². The second-order valence-electron chi connectivity index (χ2n) is 9.19. The summed E-state index contributed by atoms with van der Waals surface area (Å²) < 4.78 is 1.82. The predicted octanol–water partition coefficient (Wildman–Crippen LogP) is 6.05. The van der Waals surface area contributed by atoms with Gasteiger partial charge < -0.3 is 20.4 Å². The van der Waals surface area contributed by atoms with Crippen LogP contribution >= 0.6 is 0 Å². The van der Waals surface area contributed by atoms with Crippen LogP contribution in [-0.2, 0) is 6.54 Å². The van der Waals surface area contributed by atoms with Gasteiger partial charge in [-0.25, -0.2) is 9.97 Å². The van der Waals surface area contributed by atoms with Gasteiger partial charge in [0, 0.05) is 40.5 Å². The minimum Gasteiger partial charge on any atom is -0.508 e. The van der Waals surface area contributed by atoms with E-state index in [2.05, 4.69) is 69.4 Å². The molecule has 0 fully saturated rings. The van der Waals surface area contributed by atoms with Crippen LogP contribution < -0.4 is 5.32 Å². The van der Waals surface area contributed by atoms with Crippen molar-refractivity contribution < 1.29 is 5.11 Å². The lowest BCUT2D eigenvalue weighted by Crippen LogP contribution is -2.10. The third-order valence-corrected chi connectivity index (χ3v) is 6.56. The van der Waals surface area contributed by atoms with Crippen molar-refractivity contribution in [1.29, 1.82) is 0 Å². The normalized spacial score (nSPS) is 12.2. The molecular formula is C29H27N7O. The number of nitrogens with one attached hydrogen (secondary N) is 3. The average molecular weight is 490 g/mol. The van der Waals surface area contributed by atoms with E-state index < -0.39 is 0 Å². The standard InChI is InChI=1S/C29H27N7O/c1-18-14-22(20-8-4-3-5-9-20)27(33-18)19(2)34-29-26-23(15-30-28(26)31-17-32-29)24-12-13-36(35-24)16-21-10-6-7-11-25(21)37/h3-15,17,19,33,37H,16H2,1-2H3,(H2,30,31,32,34)/t19-/m0/s1. The molecule has 8 nitrogen and oxygen atoms in total. The molecule has 0 radical (unpaired) electrons. The predicted molar refractivity (Wildman–Crippen MR) is 145 cm³/mol. The maximum absolute atomic E-state index is 10.1. The molecule has 0 spiro atoms. The van der Waals surface area contributed by atoms with E-state index in [1.807, 2.05) is 47.4 Å². The summed E-state index contributed by atoms with van der Waals surface area (Å²) in [6, 6.07) is 21.8. The van der Waals surface area contributed by atoms with Crippen LogP contribution in [0, 0.1) is 6.92 Å². The maximum Gasteiger partial charge on any atom is 0.143 e. The molecule has 0 saturated heterocycles. The Morgan fingerprint density at radius 2 is 1.81 bits per heavy atom. The molecule has 0 aliphatic carbocycles.